The summed E-state index contributed by atoms with van der Waals surface area (Å²) in [6.45, 7) is 4.27. The third-order valence-corrected chi connectivity index (χ3v) is 8.03. The molecular formula is C36H26N4. The van der Waals surface area contributed by atoms with Crippen LogP contribution in [0.25, 0.3) is 66.1 Å². The number of hydrogen-bond donors (Lipinski definition) is 0. The highest BCUT2D eigenvalue weighted by Gasteiger charge is 2.14. The fraction of sp³-hybridized carbons (Fsp3) is 0.0556. The number of aromatic nitrogens is 4. The van der Waals surface area contributed by atoms with E-state index in [1.54, 1.807) is 0 Å². The highest BCUT2D eigenvalue weighted by atomic mass is 15.0. The Bertz CT molecular complexity index is 2050. The molecule has 190 valence electrons. The molecule has 8 rings (SSSR count). The monoisotopic (exact) mass is 514 g/mol. The third kappa shape index (κ3) is 3.39. The average Bonchev–Trinajstić information content (AvgIpc) is 3.50. The molecule has 0 atom stereocenters. The summed E-state index contributed by atoms with van der Waals surface area (Å²) >= 11 is 0. The zero-order valence-corrected chi connectivity index (χ0v) is 22.3. The van der Waals surface area contributed by atoms with Gasteiger partial charge in [-0.3, -0.25) is 9.97 Å². The van der Waals surface area contributed by atoms with Gasteiger partial charge in [-0.2, -0.15) is 0 Å². The molecule has 0 spiro atoms. The van der Waals surface area contributed by atoms with Gasteiger partial charge in [0.05, 0.1) is 22.1 Å². The molecule has 4 nitrogen and oxygen atoms in total. The van der Waals surface area contributed by atoms with Crippen molar-refractivity contribution in [2.24, 2.45) is 0 Å². The fourth-order valence-corrected chi connectivity index (χ4v) is 6.12. The van der Waals surface area contributed by atoms with Gasteiger partial charge in [-0.1, -0.05) is 47.5 Å². The second-order valence-corrected chi connectivity index (χ2v) is 10.6. The summed E-state index contributed by atoms with van der Waals surface area (Å²) < 4.78 is 4.66. The number of aryl methyl sites for hydroxylation is 2. The summed E-state index contributed by atoms with van der Waals surface area (Å²) in [5.74, 6) is 0. The van der Waals surface area contributed by atoms with Crippen LogP contribution in [0.3, 0.4) is 0 Å². The van der Waals surface area contributed by atoms with Gasteiger partial charge in [-0.15, -0.1) is 0 Å². The van der Waals surface area contributed by atoms with Crippen LogP contribution in [0.15, 0.2) is 122 Å². The van der Waals surface area contributed by atoms with Gasteiger partial charge >= 0.3 is 0 Å². The van der Waals surface area contributed by atoms with Crippen LogP contribution in [0, 0.1) is 13.8 Å². The lowest BCUT2D eigenvalue weighted by atomic mass is 10.0. The van der Waals surface area contributed by atoms with Gasteiger partial charge in [0.2, 0.25) is 0 Å². The minimum Gasteiger partial charge on any atom is -0.309 e. The number of fused-ring (bicyclic) bond motifs is 6. The second kappa shape index (κ2) is 8.65. The molecule has 0 fully saturated rings. The van der Waals surface area contributed by atoms with E-state index in [9.17, 15) is 0 Å². The molecule has 40 heavy (non-hydrogen) atoms. The number of pyridine rings is 2. The van der Waals surface area contributed by atoms with Gasteiger partial charge in [0.1, 0.15) is 0 Å². The molecule has 0 aliphatic carbocycles. The number of nitrogens with zero attached hydrogens (tertiary/aromatic N) is 4. The van der Waals surface area contributed by atoms with Gasteiger partial charge in [0, 0.05) is 57.7 Å². The zero-order chi connectivity index (χ0) is 26.8. The van der Waals surface area contributed by atoms with E-state index in [-0.39, 0.29) is 0 Å². The lowest BCUT2D eigenvalue weighted by Gasteiger charge is -2.11. The Balaban J connectivity index is 1.19. The van der Waals surface area contributed by atoms with Gasteiger partial charge in [0.15, 0.2) is 0 Å². The van der Waals surface area contributed by atoms with E-state index in [0.29, 0.717) is 0 Å². The second-order valence-electron chi connectivity index (χ2n) is 10.6. The summed E-state index contributed by atoms with van der Waals surface area (Å²) in [5.41, 5.74) is 11.9. The Morgan fingerprint density at radius 2 is 0.825 bits per heavy atom. The van der Waals surface area contributed by atoms with Crippen LogP contribution in [0.5, 0.6) is 0 Å². The van der Waals surface area contributed by atoms with E-state index < -0.39 is 0 Å². The molecule has 0 bridgehead atoms. The van der Waals surface area contributed by atoms with Crippen LogP contribution in [0.1, 0.15) is 11.1 Å². The summed E-state index contributed by atoms with van der Waals surface area (Å²) in [6, 6.07) is 35.2. The highest BCUT2D eigenvalue weighted by molar-refractivity contribution is 6.10. The van der Waals surface area contributed by atoms with E-state index in [4.69, 9.17) is 0 Å². The van der Waals surface area contributed by atoms with Crippen molar-refractivity contribution in [3.05, 3.63) is 133 Å². The quantitative estimate of drug-likeness (QED) is 0.236. The number of hydrogen-bond acceptors (Lipinski definition) is 2. The Kier molecular flexibility index (Phi) is 4.92. The first-order valence-electron chi connectivity index (χ1n) is 13.6. The predicted molar refractivity (Wildman–Crippen MR) is 166 cm³/mol. The molecule has 0 aliphatic rings. The van der Waals surface area contributed by atoms with Gasteiger partial charge in [-0.25, -0.2) is 0 Å². The smallest absolute Gasteiger partial charge is 0.0571 e. The number of rotatable bonds is 3. The first-order chi connectivity index (χ1) is 19.7. The summed E-state index contributed by atoms with van der Waals surface area (Å²) in [6.07, 6.45) is 7.68. The Morgan fingerprint density at radius 1 is 0.425 bits per heavy atom. The van der Waals surface area contributed by atoms with Crippen LogP contribution < -0.4 is 0 Å². The fourth-order valence-electron chi connectivity index (χ4n) is 6.12. The Hall–Kier alpha value is -5.22. The van der Waals surface area contributed by atoms with Crippen LogP contribution in [0.4, 0.5) is 0 Å². The van der Waals surface area contributed by atoms with E-state index in [0.717, 1.165) is 11.4 Å². The molecule has 4 aromatic heterocycles. The average molecular weight is 515 g/mol. The molecule has 4 heteroatoms. The SMILES string of the molecule is Cc1ccc2c(c1)c1cnccc1n2-c1ccc(-c2ccc(-n3c4ccncc4c4cc(C)ccc43)cc2)cc1. The van der Waals surface area contributed by atoms with Crippen molar-refractivity contribution < 1.29 is 0 Å². The molecule has 0 radical (unpaired) electrons. The molecule has 0 aliphatic heterocycles. The van der Waals surface area contributed by atoms with Crippen LogP contribution in [0.2, 0.25) is 0 Å². The standard InChI is InChI=1S/C36H26N4/c1-23-3-13-33-29(19-23)31-21-37-17-15-35(31)39(33)27-9-5-25(6-10-27)26-7-11-28(12-8-26)40-34-14-4-24(2)20-30(34)32-22-38-18-16-36(32)40/h3-22H,1-2H3. The van der Waals surface area contributed by atoms with Gasteiger partial charge in [0.25, 0.3) is 0 Å². The molecule has 0 saturated carbocycles. The third-order valence-electron chi connectivity index (χ3n) is 8.03. The molecule has 0 amide bonds. The maximum absolute atomic E-state index is 4.40. The van der Waals surface area contributed by atoms with Crippen molar-refractivity contribution in [1.82, 2.24) is 19.1 Å². The van der Waals surface area contributed by atoms with Crippen LogP contribution in [-0.4, -0.2) is 19.1 Å². The van der Waals surface area contributed by atoms with Crippen LogP contribution >= 0.6 is 0 Å². The first-order valence-corrected chi connectivity index (χ1v) is 13.6. The van der Waals surface area contributed by atoms with Crippen molar-refractivity contribution in [3.63, 3.8) is 0 Å². The predicted octanol–water partition coefficient (Wildman–Crippen LogP) is 8.95. The minimum atomic E-state index is 1.14. The largest absolute Gasteiger partial charge is 0.309 e. The lowest BCUT2D eigenvalue weighted by Crippen LogP contribution is -1.95. The van der Waals surface area contributed by atoms with E-state index in [1.165, 1.54) is 65.9 Å². The van der Waals surface area contributed by atoms with Crippen molar-refractivity contribution in [2.75, 3.05) is 0 Å². The van der Waals surface area contributed by atoms with Crippen molar-refractivity contribution in [3.8, 4) is 22.5 Å². The molecule has 0 unspecified atom stereocenters. The van der Waals surface area contributed by atoms with E-state index in [2.05, 4.69) is 130 Å². The molecule has 0 saturated heterocycles. The van der Waals surface area contributed by atoms with Crippen LogP contribution in [-0.2, 0) is 0 Å². The van der Waals surface area contributed by atoms with Crippen molar-refractivity contribution in [2.45, 2.75) is 13.8 Å². The summed E-state index contributed by atoms with van der Waals surface area (Å²) in [7, 11) is 0. The van der Waals surface area contributed by atoms with Gasteiger partial charge < -0.3 is 9.13 Å². The molecular weight excluding hydrogens is 488 g/mol. The Morgan fingerprint density at radius 3 is 1.25 bits per heavy atom. The van der Waals surface area contributed by atoms with E-state index >= 15 is 0 Å². The topological polar surface area (TPSA) is 35.6 Å². The van der Waals surface area contributed by atoms with Crippen molar-refractivity contribution in [1.29, 1.82) is 0 Å². The van der Waals surface area contributed by atoms with Crippen molar-refractivity contribution >= 4 is 43.6 Å². The molecule has 8 aromatic rings. The Labute approximate surface area is 231 Å². The highest BCUT2D eigenvalue weighted by Crippen LogP contribution is 2.34. The minimum absolute atomic E-state index is 1.14. The normalized spacial score (nSPS) is 11.8. The molecule has 4 aromatic carbocycles. The maximum atomic E-state index is 4.40. The first kappa shape index (κ1) is 22.7. The summed E-state index contributed by atoms with van der Waals surface area (Å²) in [5, 5.41) is 4.83. The molecule has 4 heterocycles. The lowest BCUT2D eigenvalue weighted by molar-refractivity contribution is 1.17. The number of benzene rings is 4. The zero-order valence-electron chi connectivity index (χ0n) is 22.3. The van der Waals surface area contributed by atoms with E-state index in [1.807, 2.05) is 24.8 Å². The summed E-state index contributed by atoms with van der Waals surface area (Å²) in [4.78, 5) is 8.80. The molecule has 0 N–H and O–H groups in total. The maximum Gasteiger partial charge on any atom is 0.0571 e. The van der Waals surface area contributed by atoms with Gasteiger partial charge in [-0.05, 0) is 85.6 Å².